The van der Waals surface area contributed by atoms with Gasteiger partial charge >= 0.3 is 0 Å². The van der Waals surface area contributed by atoms with Gasteiger partial charge in [0.1, 0.15) is 0 Å². The average Bonchev–Trinajstić information content (AvgIpc) is 3.53. The zero-order valence-electron chi connectivity index (χ0n) is 24.5. The lowest BCUT2D eigenvalue weighted by Gasteiger charge is -2.07. The van der Waals surface area contributed by atoms with Crippen molar-refractivity contribution in [1.29, 1.82) is 0 Å². The van der Waals surface area contributed by atoms with E-state index in [1.807, 2.05) is 62.6 Å². The summed E-state index contributed by atoms with van der Waals surface area (Å²) < 4.78 is 1.20. The van der Waals surface area contributed by atoms with Crippen LogP contribution in [0.5, 0.6) is 0 Å². The molecule has 4 aromatic heterocycles. The quantitative estimate of drug-likeness (QED) is 0.0741. The van der Waals surface area contributed by atoms with E-state index < -0.39 is 4.92 Å². The first-order valence-electron chi connectivity index (χ1n) is 13.7. The highest BCUT2D eigenvalue weighted by Crippen LogP contribution is 2.27. The second kappa shape index (κ2) is 13.5. The molecule has 0 aliphatic rings. The molecular formula is C32H30IN9O2. The SMILES string of the molecule is Cc1c[nH]c(C)c1-c1ccnc(Nc2ccc(I)cc2)n1.Cc1c[nH]c(C)c1-c1ccnc(Nc2cccc([N+](=O)[O-])c2)n1. The van der Waals surface area contributed by atoms with Crippen molar-refractivity contribution in [1.82, 2.24) is 29.9 Å². The van der Waals surface area contributed by atoms with Gasteiger partial charge in [-0.25, -0.2) is 19.9 Å². The Balaban J connectivity index is 0.000000175. The maximum Gasteiger partial charge on any atom is 0.271 e. The number of H-pyrrole nitrogens is 2. The van der Waals surface area contributed by atoms with E-state index >= 15 is 0 Å². The number of rotatable bonds is 7. The zero-order valence-corrected chi connectivity index (χ0v) is 26.7. The van der Waals surface area contributed by atoms with Gasteiger partial charge < -0.3 is 20.6 Å². The fourth-order valence-corrected chi connectivity index (χ4v) is 5.07. The van der Waals surface area contributed by atoms with Crippen LogP contribution in [-0.2, 0) is 0 Å². The van der Waals surface area contributed by atoms with Crippen molar-refractivity contribution in [2.24, 2.45) is 0 Å². The van der Waals surface area contributed by atoms with Crippen molar-refractivity contribution in [2.45, 2.75) is 27.7 Å². The summed E-state index contributed by atoms with van der Waals surface area (Å²) in [6.45, 7) is 8.12. The third kappa shape index (κ3) is 7.26. The van der Waals surface area contributed by atoms with Gasteiger partial charge in [-0.2, -0.15) is 0 Å². The third-order valence-corrected chi connectivity index (χ3v) is 7.51. The van der Waals surface area contributed by atoms with Crippen LogP contribution in [0, 0.1) is 41.4 Å². The molecule has 0 atom stereocenters. The molecular weight excluding hydrogens is 669 g/mol. The van der Waals surface area contributed by atoms with E-state index in [2.05, 4.69) is 77.0 Å². The Morgan fingerprint density at radius 3 is 1.73 bits per heavy atom. The van der Waals surface area contributed by atoms with Crippen LogP contribution >= 0.6 is 22.6 Å². The second-order valence-electron chi connectivity index (χ2n) is 10.0. The summed E-state index contributed by atoms with van der Waals surface area (Å²) in [5, 5.41) is 17.1. The molecule has 0 bridgehead atoms. The molecule has 6 rings (SSSR count). The van der Waals surface area contributed by atoms with E-state index in [-0.39, 0.29) is 5.69 Å². The molecule has 4 N–H and O–H groups in total. The lowest BCUT2D eigenvalue weighted by Crippen LogP contribution is -1.99. The number of hydrogen-bond donors (Lipinski definition) is 4. The van der Waals surface area contributed by atoms with Crippen molar-refractivity contribution in [3.63, 3.8) is 0 Å². The second-order valence-corrected chi connectivity index (χ2v) is 11.3. The molecule has 0 amide bonds. The predicted molar refractivity (Wildman–Crippen MR) is 181 cm³/mol. The molecule has 0 aliphatic heterocycles. The van der Waals surface area contributed by atoms with Gasteiger partial charge in [-0.1, -0.05) is 6.07 Å². The van der Waals surface area contributed by atoms with Gasteiger partial charge in [0.05, 0.1) is 16.3 Å². The van der Waals surface area contributed by atoms with Crippen molar-refractivity contribution in [3.05, 3.63) is 122 Å². The fraction of sp³-hybridized carbons (Fsp3) is 0.125. The van der Waals surface area contributed by atoms with Crippen LogP contribution in [0.4, 0.5) is 29.0 Å². The third-order valence-electron chi connectivity index (χ3n) is 6.79. The van der Waals surface area contributed by atoms with E-state index in [9.17, 15) is 10.1 Å². The van der Waals surface area contributed by atoms with Crippen LogP contribution in [0.25, 0.3) is 22.5 Å². The van der Waals surface area contributed by atoms with Crippen LogP contribution in [0.1, 0.15) is 22.5 Å². The molecule has 6 aromatic rings. The number of non-ortho nitro benzene ring substituents is 1. The summed E-state index contributed by atoms with van der Waals surface area (Å²) in [5.41, 5.74) is 9.90. The number of aromatic amines is 2. The molecule has 4 heterocycles. The molecule has 0 saturated heterocycles. The standard InChI is InChI=1S/C16H15IN4.C16H15N5O2/c1-10-9-19-11(2)15(10)14-7-8-18-16(21-14)20-13-5-3-12(17)4-6-13;1-10-9-18-11(2)15(10)14-6-7-17-16(20-14)19-12-4-3-5-13(8-12)21(22)23/h3-9,19H,1-2H3,(H,18,20,21);3-9,18H,1-2H3,(H,17,19,20). The molecule has 11 nitrogen and oxygen atoms in total. The number of halogens is 1. The summed E-state index contributed by atoms with van der Waals surface area (Å²) in [7, 11) is 0. The molecule has 0 unspecified atom stereocenters. The molecule has 12 heteroatoms. The highest BCUT2D eigenvalue weighted by atomic mass is 127. The summed E-state index contributed by atoms with van der Waals surface area (Å²) in [6.07, 6.45) is 7.37. The lowest BCUT2D eigenvalue weighted by atomic mass is 10.1. The molecule has 0 spiro atoms. The van der Waals surface area contributed by atoms with E-state index in [0.29, 0.717) is 17.6 Å². The van der Waals surface area contributed by atoms with E-state index in [4.69, 9.17) is 0 Å². The number of nitro benzene ring substituents is 1. The Hall–Kier alpha value is -5.11. The van der Waals surface area contributed by atoms with Gasteiger partial charge in [0.25, 0.3) is 5.69 Å². The van der Waals surface area contributed by atoms with Crippen LogP contribution in [0.2, 0.25) is 0 Å². The van der Waals surface area contributed by atoms with Crippen molar-refractivity contribution in [3.8, 4) is 22.5 Å². The first-order valence-corrected chi connectivity index (χ1v) is 14.8. The monoisotopic (exact) mass is 699 g/mol. The van der Waals surface area contributed by atoms with Gasteiger partial charge in [0.15, 0.2) is 0 Å². The van der Waals surface area contributed by atoms with Crippen LogP contribution < -0.4 is 10.6 Å². The van der Waals surface area contributed by atoms with Gasteiger partial charge in [-0.05, 0) is 104 Å². The van der Waals surface area contributed by atoms with Gasteiger partial charge in [0.2, 0.25) is 11.9 Å². The largest absolute Gasteiger partial charge is 0.364 e. The maximum absolute atomic E-state index is 10.8. The Bertz CT molecular complexity index is 1880. The number of anilines is 4. The smallest absolute Gasteiger partial charge is 0.271 e. The number of aryl methyl sites for hydroxylation is 4. The average molecular weight is 700 g/mol. The van der Waals surface area contributed by atoms with E-state index in [1.165, 1.54) is 21.3 Å². The van der Waals surface area contributed by atoms with Gasteiger partial charge in [-0.3, -0.25) is 10.1 Å². The maximum atomic E-state index is 10.8. The normalized spacial score (nSPS) is 10.6. The summed E-state index contributed by atoms with van der Waals surface area (Å²) in [4.78, 5) is 34.4. The van der Waals surface area contributed by atoms with Crippen molar-refractivity contribution < 1.29 is 4.92 Å². The lowest BCUT2D eigenvalue weighted by molar-refractivity contribution is -0.384. The molecule has 0 radical (unpaired) electrons. The van der Waals surface area contributed by atoms with Gasteiger partial charge in [0, 0.05) is 74.4 Å². The summed E-state index contributed by atoms with van der Waals surface area (Å²) >= 11 is 2.28. The number of hydrogen-bond acceptors (Lipinski definition) is 8. The molecule has 222 valence electrons. The van der Waals surface area contributed by atoms with Crippen molar-refractivity contribution in [2.75, 3.05) is 10.6 Å². The van der Waals surface area contributed by atoms with Crippen LogP contribution in [0.15, 0.2) is 85.5 Å². The molecule has 0 aliphatic carbocycles. The minimum Gasteiger partial charge on any atom is -0.364 e. The van der Waals surface area contributed by atoms with Gasteiger partial charge in [-0.15, -0.1) is 0 Å². The summed E-state index contributed by atoms with van der Waals surface area (Å²) in [6, 6.07) is 18.1. The predicted octanol–water partition coefficient (Wildman–Crippen LogP) is 8.18. The number of aromatic nitrogens is 6. The number of benzene rings is 2. The Labute approximate surface area is 267 Å². The molecule has 0 saturated carbocycles. The van der Waals surface area contributed by atoms with Crippen LogP contribution in [0.3, 0.4) is 0 Å². The Morgan fingerprint density at radius 1 is 0.727 bits per heavy atom. The highest BCUT2D eigenvalue weighted by molar-refractivity contribution is 14.1. The minimum absolute atomic E-state index is 0.0171. The van der Waals surface area contributed by atoms with E-state index in [0.717, 1.165) is 45.2 Å². The first-order chi connectivity index (χ1) is 21.2. The Morgan fingerprint density at radius 2 is 1.25 bits per heavy atom. The zero-order chi connectivity index (χ0) is 31.2. The fourth-order valence-electron chi connectivity index (χ4n) is 4.71. The Kier molecular flexibility index (Phi) is 9.29. The topological polar surface area (TPSA) is 150 Å². The number of nitro groups is 1. The number of nitrogens with one attached hydrogen (secondary N) is 4. The van der Waals surface area contributed by atoms with Crippen LogP contribution in [-0.4, -0.2) is 34.8 Å². The highest BCUT2D eigenvalue weighted by Gasteiger charge is 2.12. The summed E-state index contributed by atoms with van der Waals surface area (Å²) in [5.74, 6) is 0.997. The van der Waals surface area contributed by atoms with E-state index in [1.54, 1.807) is 24.5 Å². The molecule has 2 aromatic carbocycles. The molecule has 44 heavy (non-hydrogen) atoms. The van der Waals surface area contributed by atoms with Crippen molar-refractivity contribution >= 4 is 51.5 Å². The first kappa shape index (κ1) is 30.4. The number of nitrogens with zero attached hydrogens (tertiary/aromatic N) is 5. The molecule has 0 fully saturated rings. The minimum atomic E-state index is -0.436.